The average Bonchev–Trinajstić information content (AvgIpc) is 3.96. The molecule has 3 aromatic heterocycles. The van der Waals surface area contributed by atoms with E-state index in [0.29, 0.717) is 23.9 Å². The van der Waals surface area contributed by atoms with E-state index in [-0.39, 0.29) is 0 Å². The molecule has 56 heavy (non-hydrogen) atoms. The summed E-state index contributed by atoms with van der Waals surface area (Å²) in [5, 5.41) is 4.63. The number of fused-ring (bicyclic) bond motifs is 7. The molecule has 11 rings (SSSR count). The standard InChI is InChI=1S/C51H32N4O/c1-3-17-34(18-4-1)49-52-50(54-51(53-49)42-25-6-2-5-23-39(42)33-15-7-8-16-33)37-21-13-19-35(31-37)36-20-14-22-38(32-36)55-44-27-11-9-24-40(44)41-29-30-46-47(48(41)55)43-26-10-12-28-45(43)56-46/h1,3-4,6-15,17-22,24-32H,2,16H2. The van der Waals surface area contributed by atoms with Crippen LogP contribution in [0.1, 0.15) is 18.7 Å². The van der Waals surface area contributed by atoms with Crippen LogP contribution in [-0.2, 0) is 0 Å². The highest BCUT2D eigenvalue weighted by atomic mass is 16.3. The highest BCUT2D eigenvalue weighted by Gasteiger charge is 2.21. The number of rotatable bonds is 6. The molecule has 9 aromatic rings. The Labute approximate surface area is 323 Å². The van der Waals surface area contributed by atoms with E-state index in [2.05, 4.69) is 144 Å². The lowest BCUT2D eigenvalue weighted by molar-refractivity contribution is 0.669. The molecule has 0 amide bonds. The highest BCUT2D eigenvalue weighted by molar-refractivity contribution is 6.24. The van der Waals surface area contributed by atoms with Gasteiger partial charge in [0.1, 0.15) is 11.2 Å². The van der Waals surface area contributed by atoms with Crippen LogP contribution in [0.5, 0.6) is 0 Å². The van der Waals surface area contributed by atoms with Gasteiger partial charge in [-0.05, 0) is 65.6 Å². The maximum Gasteiger partial charge on any atom is 0.165 e. The maximum absolute atomic E-state index is 6.37. The summed E-state index contributed by atoms with van der Waals surface area (Å²) in [6, 6.07) is 48.6. The number of para-hydroxylation sites is 2. The second-order valence-corrected chi connectivity index (χ2v) is 14.1. The molecule has 0 saturated heterocycles. The van der Waals surface area contributed by atoms with Gasteiger partial charge >= 0.3 is 0 Å². The van der Waals surface area contributed by atoms with Crippen molar-refractivity contribution in [1.29, 1.82) is 0 Å². The summed E-state index contributed by atoms with van der Waals surface area (Å²) >= 11 is 0. The van der Waals surface area contributed by atoms with Crippen LogP contribution < -0.4 is 0 Å². The Hall–Kier alpha value is -7.55. The molecule has 2 aliphatic rings. The van der Waals surface area contributed by atoms with Crippen LogP contribution in [0.25, 0.3) is 88.9 Å². The number of benzene rings is 6. The Bertz CT molecular complexity index is 3250. The molecule has 0 fully saturated rings. The van der Waals surface area contributed by atoms with Gasteiger partial charge < -0.3 is 8.98 Å². The molecule has 0 unspecified atom stereocenters. The molecule has 5 heteroatoms. The number of hydrogen-bond donors (Lipinski definition) is 0. The number of nitrogens with zero attached hydrogens (tertiary/aromatic N) is 4. The summed E-state index contributed by atoms with van der Waals surface area (Å²) < 4.78 is 8.75. The Morgan fingerprint density at radius 3 is 2.18 bits per heavy atom. The van der Waals surface area contributed by atoms with Crippen LogP contribution in [0.4, 0.5) is 0 Å². The van der Waals surface area contributed by atoms with Gasteiger partial charge in [0.05, 0.1) is 16.4 Å². The van der Waals surface area contributed by atoms with E-state index in [0.717, 1.165) is 78.5 Å². The molecule has 5 nitrogen and oxygen atoms in total. The quantitative estimate of drug-likeness (QED) is 0.161. The molecule has 262 valence electrons. The SMILES string of the molecule is C1#CC(C2=CC=CC2)=C(c2nc(-c3ccccc3)nc(-c3cccc(-c4cccc(-n5c6ccccc6c6ccc7oc8ccccc8c7c65)c4)c3)n2)C=CC1. The van der Waals surface area contributed by atoms with E-state index >= 15 is 0 Å². The minimum Gasteiger partial charge on any atom is -0.456 e. The van der Waals surface area contributed by atoms with Crippen molar-refractivity contribution < 1.29 is 4.42 Å². The van der Waals surface area contributed by atoms with E-state index in [1.54, 1.807) is 0 Å². The van der Waals surface area contributed by atoms with Crippen LogP contribution in [-0.4, -0.2) is 19.5 Å². The molecule has 6 aromatic carbocycles. The second kappa shape index (κ2) is 13.1. The predicted molar refractivity (Wildman–Crippen MR) is 228 cm³/mol. The normalized spacial score (nSPS) is 13.8. The van der Waals surface area contributed by atoms with Crippen molar-refractivity contribution in [1.82, 2.24) is 19.5 Å². The van der Waals surface area contributed by atoms with E-state index in [1.807, 2.05) is 42.5 Å². The fourth-order valence-corrected chi connectivity index (χ4v) is 8.14. The van der Waals surface area contributed by atoms with Crippen LogP contribution in [0.2, 0.25) is 0 Å². The predicted octanol–water partition coefficient (Wildman–Crippen LogP) is 12.5. The summed E-state index contributed by atoms with van der Waals surface area (Å²) in [6.07, 6.45) is 12.1. The first kappa shape index (κ1) is 31.9. The summed E-state index contributed by atoms with van der Waals surface area (Å²) in [6.45, 7) is 0. The Kier molecular flexibility index (Phi) is 7.46. The average molecular weight is 717 g/mol. The minimum atomic E-state index is 0.611. The fourth-order valence-electron chi connectivity index (χ4n) is 8.14. The zero-order valence-corrected chi connectivity index (χ0v) is 30.3. The maximum atomic E-state index is 6.37. The third kappa shape index (κ3) is 5.31. The van der Waals surface area contributed by atoms with E-state index in [9.17, 15) is 0 Å². The smallest absolute Gasteiger partial charge is 0.165 e. The van der Waals surface area contributed by atoms with Crippen molar-refractivity contribution >= 4 is 49.3 Å². The second-order valence-electron chi connectivity index (χ2n) is 14.1. The first-order chi connectivity index (χ1) is 27.8. The van der Waals surface area contributed by atoms with E-state index in [1.165, 1.54) is 16.3 Å². The molecule has 0 bridgehead atoms. The third-order valence-corrected chi connectivity index (χ3v) is 10.7. The molecule has 0 radical (unpaired) electrons. The molecule has 0 atom stereocenters. The van der Waals surface area contributed by atoms with Crippen LogP contribution in [0.3, 0.4) is 0 Å². The first-order valence-electron chi connectivity index (χ1n) is 18.9. The van der Waals surface area contributed by atoms with Crippen LogP contribution in [0.15, 0.2) is 185 Å². The largest absolute Gasteiger partial charge is 0.456 e. The van der Waals surface area contributed by atoms with Crippen molar-refractivity contribution in [2.24, 2.45) is 0 Å². The zero-order chi connectivity index (χ0) is 37.0. The number of hydrogen-bond acceptors (Lipinski definition) is 4. The third-order valence-electron chi connectivity index (χ3n) is 10.7. The van der Waals surface area contributed by atoms with Gasteiger partial charge in [-0.1, -0.05) is 139 Å². The number of furan rings is 1. The monoisotopic (exact) mass is 716 g/mol. The van der Waals surface area contributed by atoms with E-state index in [4.69, 9.17) is 19.4 Å². The van der Waals surface area contributed by atoms with Gasteiger partial charge in [-0.15, -0.1) is 0 Å². The minimum absolute atomic E-state index is 0.611. The summed E-state index contributed by atoms with van der Waals surface area (Å²) in [4.78, 5) is 15.3. The lowest BCUT2D eigenvalue weighted by Crippen LogP contribution is -2.04. The van der Waals surface area contributed by atoms with Gasteiger partial charge in [-0.25, -0.2) is 15.0 Å². The van der Waals surface area contributed by atoms with Gasteiger partial charge in [-0.3, -0.25) is 0 Å². The van der Waals surface area contributed by atoms with Gasteiger partial charge in [0.25, 0.3) is 0 Å². The molecule has 3 heterocycles. The summed E-state index contributed by atoms with van der Waals surface area (Å²) in [7, 11) is 0. The Morgan fingerprint density at radius 2 is 1.30 bits per heavy atom. The number of aromatic nitrogens is 4. The van der Waals surface area contributed by atoms with Gasteiger partial charge in [0, 0.05) is 50.5 Å². The summed E-state index contributed by atoms with van der Waals surface area (Å²) in [5.41, 5.74) is 12.2. The van der Waals surface area contributed by atoms with E-state index < -0.39 is 0 Å². The van der Waals surface area contributed by atoms with Crippen LogP contribution in [0, 0.1) is 11.8 Å². The Balaban J connectivity index is 1.07. The molecule has 0 saturated carbocycles. The van der Waals surface area contributed by atoms with Gasteiger partial charge in [-0.2, -0.15) is 0 Å². The van der Waals surface area contributed by atoms with Crippen molar-refractivity contribution in [2.45, 2.75) is 12.8 Å². The molecule has 0 N–H and O–H groups in total. The van der Waals surface area contributed by atoms with Crippen molar-refractivity contribution in [3.05, 3.63) is 187 Å². The van der Waals surface area contributed by atoms with Crippen molar-refractivity contribution in [3.8, 4) is 51.4 Å². The first-order valence-corrected chi connectivity index (χ1v) is 18.9. The molecular formula is C51H32N4O. The summed E-state index contributed by atoms with van der Waals surface area (Å²) in [5.74, 6) is 8.57. The molecule has 0 spiro atoms. The zero-order valence-electron chi connectivity index (χ0n) is 30.3. The number of allylic oxidation sites excluding steroid dienone is 8. The molecule has 0 aliphatic heterocycles. The fraction of sp³-hybridized carbons (Fsp3) is 0.0392. The Morgan fingerprint density at radius 1 is 0.571 bits per heavy atom. The lowest BCUT2D eigenvalue weighted by Gasteiger charge is -2.13. The van der Waals surface area contributed by atoms with Gasteiger partial charge in [0.2, 0.25) is 0 Å². The van der Waals surface area contributed by atoms with Crippen molar-refractivity contribution in [2.75, 3.05) is 0 Å². The van der Waals surface area contributed by atoms with Crippen molar-refractivity contribution in [3.63, 3.8) is 0 Å². The highest BCUT2D eigenvalue weighted by Crippen LogP contribution is 2.41. The topological polar surface area (TPSA) is 56.7 Å². The molecular weight excluding hydrogens is 685 g/mol. The van der Waals surface area contributed by atoms with Crippen LogP contribution >= 0.6 is 0 Å². The van der Waals surface area contributed by atoms with Gasteiger partial charge in [0.15, 0.2) is 17.5 Å². The lowest BCUT2D eigenvalue weighted by atomic mass is 9.98. The molecule has 2 aliphatic carbocycles.